The summed E-state index contributed by atoms with van der Waals surface area (Å²) >= 11 is 0. The van der Waals surface area contributed by atoms with Gasteiger partial charge in [-0.1, -0.05) is 6.58 Å². The highest BCUT2D eigenvalue weighted by molar-refractivity contribution is 7.89. The number of carbonyl (C=O) groups excluding carboxylic acids is 2. The third-order valence-corrected chi connectivity index (χ3v) is 7.56. The predicted molar refractivity (Wildman–Crippen MR) is 104 cm³/mol. The number of piperidine rings is 1. The van der Waals surface area contributed by atoms with E-state index in [2.05, 4.69) is 11.9 Å². The van der Waals surface area contributed by atoms with E-state index in [0.29, 0.717) is 50.3 Å². The van der Waals surface area contributed by atoms with Crippen LogP contribution in [0.5, 0.6) is 0 Å². The van der Waals surface area contributed by atoms with Crippen LogP contribution in [0.1, 0.15) is 36.0 Å². The number of nitrogens with zero attached hydrogens (tertiary/aromatic N) is 2. The zero-order chi connectivity index (χ0) is 19.4. The summed E-state index contributed by atoms with van der Waals surface area (Å²) in [7, 11) is -3.25. The van der Waals surface area contributed by atoms with Crippen molar-refractivity contribution in [1.82, 2.24) is 9.21 Å². The summed E-state index contributed by atoms with van der Waals surface area (Å²) < 4.78 is 26.9. The number of hydrogen-bond acceptors (Lipinski definition) is 4. The fraction of sp³-hybridized carbons (Fsp3) is 0.474. The van der Waals surface area contributed by atoms with Gasteiger partial charge in [0, 0.05) is 37.4 Å². The normalized spacial score (nSPS) is 19.0. The van der Waals surface area contributed by atoms with Crippen LogP contribution in [0.4, 0.5) is 5.69 Å². The summed E-state index contributed by atoms with van der Waals surface area (Å²) in [6, 6.07) is 6.65. The lowest BCUT2D eigenvalue weighted by Crippen LogP contribution is -2.46. The summed E-state index contributed by atoms with van der Waals surface area (Å²) in [6.45, 7) is 5.51. The molecule has 3 rings (SSSR count). The molecule has 0 spiro atoms. The molecule has 2 fully saturated rings. The molecule has 0 saturated carbocycles. The molecule has 0 aliphatic carbocycles. The Morgan fingerprint density at radius 3 is 2.19 bits per heavy atom. The number of anilines is 1. The molecule has 8 heteroatoms. The Labute approximate surface area is 160 Å². The number of sulfonamides is 1. The van der Waals surface area contributed by atoms with Gasteiger partial charge in [-0.3, -0.25) is 9.59 Å². The maximum atomic E-state index is 12.7. The molecule has 27 heavy (non-hydrogen) atoms. The van der Waals surface area contributed by atoms with Crippen LogP contribution >= 0.6 is 0 Å². The summed E-state index contributed by atoms with van der Waals surface area (Å²) in [5.74, 6) is -0.427. The topological polar surface area (TPSA) is 86.8 Å². The number of nitrogens with one attached hydrogen (secondary N) is 1. The van der Waals surface area contributed by atoms with E-state index in [4.69, 9.17) is 0 Å². The Morgan fingerprint density at radius 2 is 1.63 bits per heavy atom. The Hall–Kier alpha value is -2.19. The molecule has 0 atom stereocenters. The van der Waals surface area contributed by atoms with Gasteiger partial charge in [0.05, 0.1) is 5.25 Å². The molecular formula is C19H25N3O4S. The van der Waals surface area contributed by atoms with Gasteiger partial charge in [-0.25, -0.2) is 12.7 Å². The molecule has 2 saturated heterocycles. The number of rotatable bonds is 5. The number of likely N-dealkylation sites (tertiary alicyclic amines) is 1. The van der Waals surface area contributed by atoms with Crippen molar-refractivity contribution in [2.75, 3.05) is 31.5 Å². The molecule has 0 unspecified atom stereocenters. The molecule has 1 aromatic carbocycles. The summed E-state index contributed by atoms with van der Waals surface area (Å²) in [5.41, 5.74) is 1.11. The lowest BCUT2D eigenvalue weighted by Gasteiger charge is -2.33. The zero-order valence-corrected chi connectivity index (χ0v) is 16.1. The second-order valence-corrected chi connectivity index (χ2v) is 9.13. The van der Waals surface area contributed by atoms with Gasteiger partial charge >= 0.3 is 0 Å². The van der Waals surface area contributed by atoms with Crippen LogP contribution < -0.4 is 5.32 Å². The molecule has 7 nitrogen and oxygen atoms in total. The highest BCUT2D eigenvalue weighted by Crippen LogP contribution is 2.25. The highest BCUT2D eigenvalue weighted by atomic mass is 32.2. The van der Waals surface area contributed by atoms with Crippen LogP contribution in [0.2, 0.25) is 0 Å². The van der Waals surface area contributed by atoms with Gasteiger partial charge in [0.25, 0.3) is 5.91 Å². The average molecular weight is 391 g/mol. The van der Waals surface area contributed by atoms with E-state index in [0.717, 1.165) is 12.8 Å². The SMILES string of the molecule is C=CC(=O)Nc1ccc(C(=O)N2CCC(S(=O)(=O)N3CCCC3)CC2)cc1. The van der Waals surface area contributed by atoms with Crippen molar-refractivity contribution in [3.05, 3.63) is 42.5 Å². The van der Waals surface area contributed by atoms with E-state index in [1.807, 2.05) is 0 Å². The van der Waals surface area contributed by atoms with Crippen LogP contribution in [0.3, 0.4) is 0 Å². The third kappa shape index (κ3) is 4.39. The first-order valence-corrected chi connectivity index (χ1v) is 10.7. The van der Waals surface area contributed by atoms with Crippen molar-refractivity contribution in [2.45, 2.75) is 30.9 Å². The van der Waals surface area contributed by atoms with Crippen LogP contribution in [-0.2, 0) is 14.8 Å². The van der Waals surface area contributed by atoms with Crippen LogP contribution in [0, 0.1) is 0 Å². The van der Waals surface area contributed by atoms with E-state index in [-0.39, 0.29) is 11.8 Å². The minimum atomic E-state index is -3.25. The van der Waals surface area contributed by atoms with Gasteiger partial charge in [-0.2, -0.15) is 0 Å². The summed E-state index contributed by atoms with van der Waals surface area (Å²) in [4.78, 5) is 25.7. The van der Waals surface area contributed by atoms with E-state index in [1.54, 1.807) is 33.5 Å². The van der Waals surface area contributed by atoms with Crippen LogP contribution in [0.25, 0.3) is 0 Å². The molecule has 2 heterocycles. The standard InChI is InChI=1S/C19H25N3O4S/c1-2-18(23)20-16-7-5-15(6-8-16)19(24)21-13-9-17(10-14-21)27(25,26)22-11-3-4-12-22/h2,5-8,17H,1,3-4,9-14H2,(H,20,23). The quantitative estimate of drug-likeness (QED) is 0.776. The fourth-order valence-electron chi connectivity index (χ4n) is 3.58. The van der Waals surface area contributed by atoms with Gasteiger partial charge in [0.2, 0.25) is 15.9 Å². The first-order valence-electron chi connectivity index (χ1n) is 9.23. The largest absolute Gasteiger partial charge is 0.339 e. The number of hydrogen-bond donors (Lipinski definition) is 1. The average Bonchev–Trinajstić information content (AvgIpc) is 3.24. The first kappa shape index (κ1) is 19.6. The molecule has 0 bridgehead atoms. The fourth-order valence-corrected chi connectivity index (χ4v) is 5.58. The second kappa shape index (κ2) is 8.22. The maximum absolute atomic E-state index is 12.7. The number of amides is 2. The van der Waals surface area contributed by atoms with Crippen molar-refractivity contribution in [3.8, 4) is 0 Å². The Morgan fingerprint density at radius 1 is 1.04 bits per heavy atom. The van der Waals surface area contributed by atoms with Crippen molar-refractivity contribution < 1.29 is 18.0 Å². The Kier molecular flexibility index (Phi) is 5.96. The van der Waals surface area contributed by atoms with Gasteiger partial charge in [-0.05, 0) is 56.0 Å². The van der Waals surface area contributed by atoms with Crippen molar-refractivity contribution >= 4 is 27.5 Å². The zero-order valence-electron chi connectivity index (χ0n) is 15.3. The minimum Gasteiger partial charge on any atom is -0.339 e. The molecule has 2 aliphatic rings. The highest BCUT2D eigenvalue weighted by Gasteiger charge is 2.36. The van der Waals surface area contributed by atoms with Gasteiger partial charge in [-0.15, -0.1) is 0 Å². The second-order valence-electron chi connectivity index (χ2n) is 6.91. The smallest absolute Gasteiger partial charge is 0.253 e. The maximum Gasteiger partial charge on any atom is 0.253 e. The Balaban J connectivity index is 1.58. The number of carbonyl (C=O) groups is 2. The van der Waals surface area contributed by atoms with Gasteiger partial charge < -0.3 is 10.2 Å². The van der Waals surface area contributed by atoms with Gasteiger partial charge in [0.15, 0.2) is 0 Å². The molecule has 146 valence electrons. The summed E-state index contributed by atoms with van der Waals surface area (Å²) in [6.07, 6.45) is 3.98. The van der Waals surface area contributed by atoms with E-state index in [1.165, 1.54) is 6.08 Å². The minimum absolute atomic E-state index is 0.117. The molecule has 1 N–H and O–H groups in total. The lowest BCUT2D eigenvalue weighted by atomic mass is 10.1. The Bertz CT molecular complexity index is 806. The van der Waals surface area contributed by atoms with Crippen LogP contribution in [0.15, 0.2) is 36.9 Å². The van der Waals surface area contributed by atoms with Crippen molar-refractivity contribution in [2.24, 2.45) is 0 Å². The van der Waals surface area contributed by atoms with Crippen molar-refractivity contribution in [3.63, 3.8) is 0 Å². The predicted octanol–water partition coefficient (Wildman–Crippen LogP) is 1.84. The molecular weight excluding hydrogens is 366 g/mol. The van der Waals surface area contributed by atoms with E-state index >= 15 is 0 Å². The lowest BCUT2D eigenvalue weighted by molar-refractivity contribution is -0.111. The monoisotopic (exact) mass is 391 g/mol. The molecule has 2 amide bonds. The first-order chi connectivity index (χ1) is 12.9. The third-order valence-electron chi connectivity index (χ3n) is 5.16. The van der Waals surface area contributed by atoms with Crippen LogP contribution in [-0.4, -0.2) is 60.9 Å². The summed E-state index contributed by atoms with van der Waals surface area (Å²) in [5, 5.41) is 2.24. The molecule has 0 aromatic heterocycles. The van der Waals surface area contributed by atoms with Gasteiger partial charge in [0.1, 0.15) is 0 Å². The van der Waals surface area contributed by atoms with Crippen molar-refractivity contribution in [1.29, 1.82) is 0 Å². The molecule has 1 aromatic rings. The van der Waals surface area contributed by atoms with E-state index < -0.39 is 15.3 Å². The molecule has 0 radical (unpaired) electrons. The number of benzene rings is 1. The van der Waals surface area contributed by atoms with E-state index in [9.17, 15) is 18.0 Å². The molecule has 2 aliphatic heterocycles.